The third kappa shape index (κ3) is 3.03. The molecule has 1 aromatic rings. The van der Waals surface area contributed by atoms with Gasteiger partial charge in [0.15, 0.2) is 0 Å². The van der Waals surface area contributed by atoms with Crippen LogP contribution in [-0.2, 0) is 9.59 Å². The van der Waals surface area contributed by atoms with Gasteiger partial charge in [0.2, 0.25) is 5.91 Å². The number of amides is 1. The summed E-state index contributed by atoms with van der Waals surface area (Å²) in [6.07, 6.45) is 2.02. The summed E-state index contributed by atoms with van der Waals surface area (Å²) in [5, 5.41) is 12.0. The topological polar surface area (TPSA) is 66.4 Å². The van der Waals surface area contributed by atoms with Crippen molar-refractivity contribution in [2.45, 2.75) is 33.1 Å². The molecule has 0 heterocycles. The molecule has 1 aromatic carbocycles. The molecule has 1 amide bonds. The number of anilines is 1. The minimum atomic E-state index is -0.873. The normalized spacial score (nSPS) is 21.8. The van der Waals surface area contributed by atoms with Crippen molar-refractivity contribution in [2.75, 3.05) is 5.32 Å². The molecule has 108 valence electrons. The number of aliphatic carboxylic acids is 1. The predicted octanol–water partition coefficient (Wildman–Crippen LogP) is 3.51. The Morgan fingerprint density at radius 2 is 1.90 bits per heavy atom. The molecule has 4 nitrogen and oxygen atoms in total. The molecule has 0 unspecified atom stereocenters. The summed E-state index contributed by atoms with van der Waals surface area (Å²) >= 11 is 3.45. The zero-order chi connectivity index (χ0) is 14.9. The highest BCUT2D eigenvalue weighted by Crippen LogP contribution is 2.34. The first-order valence-corrected chi connectivity index (χ1v) is 7.50. The number of rotatable bonds is 3. The first-order valence-electron chi connectivity index (χ1n) is 6.70. The second-order valence-electron chi connectivity index (χ2n) is 5.41. The lowest BCUT2D eigenvalue weighted by Crippen LogP contribution is -2.30. The number of halogens is 1. The van der Waals surface area contributed by atoms with E-state index in [1.807, 2.05) is 26.0 Å². The summed E-state index contributed by atoms with van der Waals surface area (Å²) in [4.78, 5) is 23.5. The molecule has 0 bridgehead atoms. The van der Waals surface area contributed by atoms with E-state index in [4.69, 9.17) is 5.11 Å². The van der Waals surface area contributed by atoms with E-state index in [2.05, 4.69) is 21.2 Å². The van der Waals surface area contributed by atoms with Gasteiger partial charge in [-0.2, -0.15) is 0 Å². The number of aryl methyl sites for hydroxylation is 2. The van der Waals surface area contributed by atoms with Crippen LogP contribution in [0.5, 0.6) is 0 Å². The van der Waals surface area contributed by atoms with Gasteiger partial charge in [0.05, 0.1) is 17.5 Å². The third-order valence-corrected chi connectivity index (χ3v) is 4.48. The van der Waals surface area contributed by atoms with Crippen molar-refractivity contribution in [3.8, 4) is 0 Å². The van der Waals surface area contributed by atoms with Gasteiger partial charge in [-0.05, 0) is 59.8 Å². The van der Waals surface area contributed by atoms with Crippen LogP contribution in [0.2, 0.25) is 0 Å². The zero-order valence-corrected chi connectivity index (χ0v) is 13.2. The van der Waals surface area contributed by atoms with Crippen LogP contribution in [-0.4, -0.2) is 17.0 Å². The Hall–Kier alpha value is -1.36. The Labute approximate surface area is 126 Å². The standard InChI is InChI=1S/C15H18BrNO3/c1-8-6-9(2)13(12(16)7-8)17-14(18)10-4-3-5-11(10)15(19)20/h6-7,10-11H,3-5H2,1-2H3,(H,17,18)(H,19,20)/t10-,11+/m1/s1. The molecule has 0 saturated heterocycles. The van der Waals surface area contributed by atoms with E-state index in [-0.39, 0.29) is 5.91 Å². The number of carbonyl (C=O) groups excluding carboxylic acids is 1. The second kappa shape index (κ2) is 5.95. The van der Waals surface area contributed by atoms with Crippen LogP contribution in [0.1, 0.15) is 30.4 Å². The van der Waals surface area contributed by atoms with Crippen LogP contribution in [0.15, 0.2) is 16.6 Å². The van der Waals surface area contributed by atoms with Crippen molar-refractivity contribution < 1.29 is 14.7 Å². The van der Waals surface area contributed by atoms with Gasteiger partial charge in [-0.15, -0.1) is 0 Å². The minimum Gasteiger partial charge on any atom is -0.481 e. The van der Waals surface area contributed by atoms with Gasteiger partial charge in [-0.1, -0.05) is 12.5 Å². The van der Waals surface area contributed by atoms with E-state index in [0.717, 1.165) is 27.7 Å². The van der Waals surface area contributed by atoms with Crippen molar-refractivity contribution in [1.82, 2.24) is 0 Å². The van der Waals surface area contributed by atoms with E-state index in [1.165, 1.54) is 0 Å². The molecule has 0 aromatic heterocycles. The van der Waals surface area contributed by atoms with Gasteiger partial charge < -0.3 is 10.4 Å². The molecule has 0 aliphatic heterocycles. The molecule has 0 radical (unpaired) electrons. The second-order valence-corrected chi connectivity index (χ2v) is 6.26. The molecule has 20 heavy (non-hydrogen) atoms. The van der Waals surface area contributed by atoms with Crippen molar-refractivity contribution in [3.63, 3.8) is 0 Å². The van der Waals surface area contributed by atoms with E-state index < -0.39 is 17.8 Å². The quantitative estimate of drug-likeness (QED) is 0.885. The zero-order valence-electron chi connectivity index (χ0n) is 11.6. The van der Waals surface area contributed by atoms with Crippen LogP contribution in [0.25, 0.3) is 0 Å². The number of benzene rings is 1. The lowest BCUT2D eigenvalue weighted by Gasteiger charge is -2.18. The Balaban J connectivity index is 2.18. The van der Waals surface area contributed by atoms with E-state index in [9.17, 15) is 9.59 Å². The molecule has 1 fully saturated rings. The van der Waals surface area contributed by atoms with Crippen molar-refractivity contribution >= 4 is 33.5 Å². The van der Waals surface area contributed by atoms with Gasteiger partial charge >= 0.3 is 5.97 Å². The highest BCUT2D eigenvalue weighted by Gasteiger charge is 2.37. The molecule has 5 heteroatoms. The van der Waals surface area contributed by atoms with Gasteiger partial charge in [-0.25, -0.2) is 0 Å². The average molecular weight is 340 g/mol. The van der Waals surface area contributed by atoms with Crippen LogP contribution >= 0.6 is 15.9 Å². The molecule has 1 aliphatic carbocycles. The molecule has 1 saturated carbocycles. The van der Waals surface area contributed by atoms with E-state index in [0.29, 0.717) is 12.8 Å². The first kappa shape index (κ1) is 15.0. The summed E-state index contributed by atoms with van der Waals surface area (Å²) in [7, 11) is 0. The molecule has 2 atom stereocenters. The van der Waals surface area contributed by atoms with Gasteiger partial charge in [-0.3, -0.25) is 9.59 Å². The molecular weight excluding hydrogens is 322 g/mol. The third-order valence-electron chi connectivity index (χ3n) is 3.85. The van der Waals surface area contributed by atoms with Crippen molar-refractivity contribution in [1.29, 1.82) is 0 Å². The van der Waals surface area contributed by atoms with Crippen LogP contribution in [0.3, 0.4) is 0 Å². The number of hydrogen-bond donors (Lipinski definition) is 2. The van der Waals surface area contributed by atoms with Crippen LogP contribution in [0.4, 0.5) is 5.69 Å². The highest BCUT2D eigenvalue weighted by atomic mass is 79.9. The van der Waals surface area contributed by atoms with Crippen molar-refractivity contribution in [2.24, 2.45) is 11.8 Å². The maximum Gasteiger partial charge on any atom is 0.307 e. The average Bonchev–Trinajstić information content (AvgIpc) is 2.82. The molecule has 1 aliphatic rings. The highest BCUT2D eigenvalue weighted by molar-refractivity contribution is 9.10. The fourth-order valence-electron chi connectivity index (χ4n) is 2.86. The number of carboxylic acids is 1. The Kier molecular flexibility index (Phi) is 4.48. The monoisotopic (exact) mass is 339 g/mol. The minimum absolute atomic E-state index is 0.192. The Morgan fingerprint density at radius 1 is 1.25 bits per heavy atom. The van der Waals surface area contributed by atoms with Gasteiger partial charge in [0.25, 0.3) is 0 Å². The molecular formula is C15H18BrNO3. The maximum absolute atomic E-state index is 12.3. The fraction of sp³-hybridized carbons (Fsp3) is 0.467. The largest absolute Gasteiger partial charge is 0.481 e. The fourth-order valence-corrected chi connectivity index (χ4v) is 3.63. The lowest BCUT2D eigenvalue weighted by atomic mass is 9.95. The Bertz CT molecular complexity index is 533. The number of hydrogen-bond acceptors (Lipinski definition) is 2. The van der Waals surface area contributed by atoms with Crippen LogP contribution in [0, 0.1) is 25.7 Å². The first-order chi connectivity index (χ1) is 9.40. The van der Waals surface area contributed by atoms with Crippen LogP contribution < -0.4 is 5.32 Å². The van der Waals surface area contributed by atoms with Gasteiger partial charge in [0.1, 0.15) is 0 Å². The summed E-state index contributed by atoms with van der Waals surface area (Å²) in [6.45, 7) is 3.91. The van der Waals surface area contributed by atoms with E-state index >= 15 is 0 Å². The number of nitrogens with one attached hydrogen (secondary N) is 1. The molecule has 2 rings (SSSR count). The summed E-state index contributed by atoms with van der Waals surface area (Å²) in [6, 6.07) is 3.93. The summed E-state index contributed by atoms with van der Waals surface area (Å²) in [5.41, 5.74) is 2.81. The smallest absolute Gasteiger partial charge is 0.307 e. The van der Waals surface area contributed by atoms with Crippen molar-refractivity contribution in [3.05, 3.63) is 27.7 Å². The summed E-state index contributed by atoms with van der Waals surface area (Å²) in [5.74, 6) is -2.05. The maximum atomic E-state index is 12.3. The Morgan fingerprint density at radius 3 is 2.50 bits per heavy atom. The van der Waals surface area contributed by atoms with Gasteiger partial charge in [0, 0.05) is 4.47 Å². The SMILES string of the molecule is Cc1cc(C)c(NC(=O)[C@@H]2CCC[C@@H]2C(=O)O)c(Br)c1. The predicted molar refractivity (Wildman–Crippen MR) is 80.7 cm³/mol. The van der Waals surface area contributed by atoms with E-state index in [1.54, 1.807) is 0 Å². The number of carboxylic acid groups (broad SMARTS) is 1. The number of carbonyl (C=O) groups is 2. The summed E-state index contributed by atoms with van der Waals surface area (Å²) < 4.78 is 0.827. The molecule has 2 N–H and O–H groups in total. The molecule has 0 spiro atoms. The lowest BCUT2D eigenvalue weighted by molar-refractivity contribution is -0.145.